The second kappa shape index (κ2) is 5.42. The minimum Gasteiger partial charge on any atom is -0.496 e. The largest absolute Gasteiger partial charge is 0.496 e. The molecule has 1 N–H and O–H groups in total. The zero-order chi connectivity index (χ0) is 16.3. The maximum Gasteiger partial charge on any atom is 0.124 e. The van der Waals surface area contributed by atoms with Gasteiger partial charge in [0.05, 0.1) is 13.2 Å². The van der Waals surface area contributed by atoms with Crippen LogP contribution in [0.4, 0.5) is 5.69 Å². The Balaban J connectivity index is 1.66. The van der Waals surface area contributed by atoms with E-state index in [1.807, 2.05) is 6.07 Å². The monoisotopic (exact) mass is 339 g/mol. The first-order chi connectivity index (χ1) is 11.8. The molecule has 1 aliphatic heterocycles. The van der Waals surface area contributed by atoms with Crippen LogP contribution in [0.25, 0.3) is 0 Å². The van der Waals surface area contributed by atoms with Crippen LogP contribution in [0.15, 0.2) is 42.5 Å². The molecule has 0 amide bonds. The maximum absolute atomic E-state index is 6.32. The van der Waals surface area contributed by atoms with E-state index in [4.69, 9.17) is 16.3 Å². The van der Waals surface area contributed by atoms with Crippen molar-refractivity contribution in [2.75, 3.05) is 12.4 Å². The second-order valence-electron chi connectivity index (χ2n) is 7.53. The van der Waals surface area contributed by atoms with E-state index in [1.54, 1.807) is 7.11 Å². The summed E-state index contributed by atoms with van der Waals surface area (Å²) in [5, 5.41) is 4.69. The number of hydrogen-bond donors (Lipinski definition) is 1. The van der Waals surface area contributed by atoms with Gasteiger partial charge in [-0.1, -0.05) is 29.8 Å². The van der Waals surface area contributed by atoms with Gasteiger partial charge in [-0.25, -0.2) is 0 Å². The minimum absolute atomic E-state index is 0.329. The first-order valence-electron chi connectivity index (χ1n) is 8.95. The van der Waals surface area contributed by atoms with Crippen molar-refractivity contribution in [1.29, 1.82) is 0 Å². The molecule has 0 unspecified atom stereocenters. The molecule has 2 aromatic rings. The Morgan fingerprint density at radius 2 is 1.88 bits per heavy atom. The SMILES string of the molecule is COc1ccccc1[C@@H]1Nc2ccc(Cl)cc2[C@H]2[C@@H]3CC[C@@H](C3)[C@H]21. The van der Waals surface area contributed by atoms with Crippen molar-refractivity contribution in [2.45, 2.75) is 31.2 Å². The van der Waals surface area contributed by atoms with Crippen molar-refractivity contribution >= 4 is 17.3 Å². The Kier molecular flexibility index (Phi) is 3.31. The lowest BCUT2D eigenvalue weighted by Crippen LogP contribution is -2.35. The van der Waals surface area contributed by atoms with Gasteiger partial charge in [0.15, 0.2) is 0 Å². The fourth-order valence-electron chi connectivity index (χ4n) is 5.69. The highest BCUT2D eigenvalue weighted by molar-refractivity contribution is 6.30. The first-order valence-corrected chi connectivity index (χ1v) is 9.33. The molecule has 0 radical (unpaired) electrons. The molecule has 2 bridgehead atoms. The number of methoxy groups -OCH3 is 1. The minimum atomic E-state index is 0.329. The average molecular weight is 340 g/mol. The van der Waals surface area contributed by atoms with E-state index in [0.717, 1.165) is 22.6 Å². The van der Waals surface area contributed by atoms with Gasteiger partial charge in [0.1, 0.15) is 5.75 Å². The fourth-order valence-corrected chi connectivity index (χ4v) is 5.87. The Bertz CT molecular complexity index is 789. The standard InChI is InChI=1S/C21H22ClNO/c1-24-18-5-3-2-4-15(18)21-20-13-7-6-12(10-13)19(20)16-11-14(22)8-9-17(16)23-21/h2-5,8-9,11-13,19-21,23H,6-7,10H2,1H3/t12-,13+,19-,20-,21+/m1/s1. The topological polar surface area (TPSA) is 21.3 Å². The number of ether oxygens (including phenoxy) is 1. The van der Waals surface area contributed by atoms with Crippen molar-refractivity contribution < 1.29 is 4.74 Å². The number of para-hydroxylation sites is 1. The normalized spacial score (nSPS) is 32.8. The average Bonchev–Trinajstić information content (AvgIpc) is 3.23. The quantitative estimate of drug-likeness (QED) is 0.763. The van der Waals surface area contributed by atoms with Crippen molar-refractivity contribution in [3.05, 3.63) is 58.6 Å². The number of halogens is 1. The molecule has 5 atom stereocenters. The Hall–Kier alpha value is -1.67. The number of hydrogen-bond acceptors (Lipinski definition) is 2. The highest BCUT2D eigenvalue weighted by Crippen LogP contribution is 2.64. The molecule has 0 aromatic heterocycles. The van der Waals surface area contributed by atoms with Gasteiger partial charge < -0.3 is 10.1 Å². The van der Waals surface area contributed by atoms with Crippen LogP contribution in [0, 0.1) is 17.8 Å². The Morgan fingerprint density at radius 1 is 1.04 bits per heavy atom. The molecule has 5 rings (SSSR count). The second-order valence-corrected chi connectivity index (χ2v) is 7.97. The summed E-state index contributed by atoms with van der Waals surface area (Å²) in [4.78, 5) is 0. The molecule has 1 heterocycles. The van der Waals surface area contributed by atoms with Crippen LogP contribution in [0.5, 0.6) is 5.75 Å². The lowest BCUT2D eigenvalue weighted by atomic mass is 9.68. The Morgan fingerprint density at radius 3 is 2.75 bits per heavy atom. The molecule has 2 aliphatic carbocycles. The molecular formula is C21H22ClNO. The van der Waals surface area contributed by atoms with Crippen LogP contribution < -0.4 is 10.1 Å². The summed E-state index contributed by atoms with van der Waals surface area (Å²) in [6.45, 7) is 0. The number of fused-ring (bicyclic) bond motifs is 7. The lowest BCUT2D eigenvalue weighted by molar-refractivity contribution is 0.244. The first kappa shape index (κ1) is 14.7. The molecule has 2 nitrogen and oxygen atoms in total. The van der Waals surface area contributed by atoms with Crippen LogP contribution >= 0.6 is 11.6 Å². The van der Waals surface area contributed by atoms with E-state index in [-0.39, 0.29) is 0 Å². The predicted octanol–water partition coefficient (Wildman–Crippen LogP) is 5.65. The zero-order valence-corrected chi connectivity index (χ0v) is 14.6. The number of benzene rings is 2. The summed E-state index contributed by atoms with van der Waals surface area (Å²) in [6, 6.07) is 15.2. The molecular weight excluding hydrogens is 318 g/mol. The summed E-state index contributed by atoms with van der Waals surface area (Å²) in [5.74, 6) is 3.90. The Labute approximate surface area is 148 Å². The van der Waals surface area contributed by atoms with Crippen LogP contribution in [0.1, 0.15) is 42.3 Å². The number of nitrogens with one attached hydrogen (secondary N) is 1. The number of rotatable bonds is 2. The van der Waals surface area contributed by atoms with Crippen molar-refractivity contribution in [1.82, 2.24) is 0 Å². The third-order valence-corrected chi connectivity index (χ3v) is 6.76. The summed E-state index contributed by atoms with van der Waals surface area (Å²) >= 11 is 6.32. The molecule has 3 heteroatoms. The van der Waals surface area contributed by atoms with E-state index in [1.165, 1.54) is 36.1 Å². The van der Waals surface area contributed by atoms with E-state index in [0.29, 0.717) is 17.9 Å². The van der Waals surface area contributed by atoms with Gasteiger partial charge in [-0.2, -0.15) is 0 Å². The van der Waals surface area contributed by atoms with Gasteiger partial charge in [0, 0.05) is 16.3 Å². The summed E-state index contributed by atoms with van der Waals surface area (Å²) in [7, 11) is 1.77. The summed E-state index contributed by atoms with van der Waals surface area (Å²) in [6.07, 6.45) is 4.11. The highest BCUT2D eigenvalue weighted by atomic mass is 35.5. The molecule has 124 valence electrons. The molecule has 0 spiro atoms. The highest BCUT2D eigenvalue weighted by Gasteiger charge is 2.54. The van der Waals surface area contributed by atoms with Gasteiger partial charge in [0.25, 0.3) is 0 Å². The van der Waals surface area contributed by atoms with Gasteiger partial charge in [0.2, 0.25) is 0 Å². The van der Waals surface area contributed by atoms with Gasteiger partial charge in [-0.05, 0) is 72.8 Å². The maximum atomic E-state index is 6.32. The molecule has 2 fully saturated rings. The smallest absolute Gasteiger partial charge is 0.124 e. The molecule has 3 aliphatic rings. The van der Waals surface area contributed by atoms with Crippen LogP contribution in [-0.2, 0) is 0 Å². The summed E-state index contributed by atoms with van der Waals surface area (Å²) in [5.41, 5.74) is 3.98. The molecule has 24 heavy (non-hydrogen) atoms. The van der Waals surface area contributed by atoms with Gasteiger partial charge in [-0.3, -0.25) is 0 Å². The van der Waals surface area contributed by atoms with E-state index in [9.17, 15) is 0 Å². The zero-order valence-electron chi connectivity index (χ0n) is 13.8. The van der Waals surface area contributed by atoms with Crippen LogP contribution in [-0.4, -0.2) is 7.11 Å². The van der Waals surface area contributed by atoms with Crippen LogP contribution in [0.2, 0.25) is 5.02 Å². The van der Waals surface area contributed by atoms with Crippen molar-refractivity contribution in [3.8, 4) is 5.75 Å². The fraction of sp³-hybridized carbons (Fsp3) is 0.429. The van der Waals surface area contributed by atoms with E-state index < -0.39 is 0 Å². The molecule has 0 saturated heterocycles. The predicted molar refractivity (Wildman–Crippen MR) is 97.9 cm³/mol. The van der Waals surface area contributed by atoms with E-state index in [2.05, 4.69) is 41.7 Å². The van der Waals surface area contributed by atoms with E-state index >= 15 is 0 Å². The molecule has 2 saturated carbocycles. The van der Waals surface area contributed by atoms with Gasteiger partial charge in [-0.15, -0.1) is 0 Å². The lowest BCUT2D eigenvalue weighted by Gasteiger charge is -2.43. The van der Waals surface area contributed by atoms with Gasteiger partial charge >= 0.3 is 0 Å². The van der Waals surface area contributed by atoms with Crippen molar-refractivity contribution in [2.24, 2.45) is 17.8 Å². The van der Waals surface area contributed by atoms with Crippen molar-refractivity contribution in [3.63, 3.8) is 0 Å². The third kappa shape index (κ3) is 2.02. The van der Waals surface area contributed by atoms with Crippen LogP contribution in [0.3, 0.4) is 0 Å². The third-order valence-electron chi connectivity index (χ3n) is 6.52. The summed E-state index contributed by atoms with van der Waals surface area (Å²) < 4.78 is 5.67. The molecule has 2 aromatic carbocycles. The number of anilines is 1.